The van der Waals surface area contributed by atoms with Crippen LogP contribution in [0.3, 0.4) is 0 Å². The van der Waals surface area contributed by atoms with Crippen LogP contribution in [0.4, 0.5) is 0 Å². The first-order chi connectivity index (χ1) is 8.90. The molecule has 0 amide bonds. The molecule has 0 nitrogen and oxygen atoms in total. The van der Waals surface area contributed by atoms with Crippen molar-refractivity contribution in [2.75, 3.05) is 0 Å². The molecule has 1 fully saturated rings. The van der Waals surface area contributed by atoms with Crippen molar-refractivity contribution in [2.24, 2.45) is 0 Å². The summed E-state index contributed by atoms with van der Waals surface area (Å²) in [7, 11) is 0. The molecule has 0 spiro atoms. The van der Waals surface area contributed by atoms with Gasteiger partial charge in [0.2, 0.25) is 0 Å². The molecule has 18 heavy (non-hydrogen) atoms. The zero-order valence-electron chi connectivity index (χ0n) is 9.59. The maximum absolute atomic E-state index is 2.41. The first-order valence-corrected chi connectivity index (χ1v) is 13.1. The average Bonchev–Trinajstić information content (AvgIpc) is 3.04. The van der Waals surface area contributed by atoms with E-state index in [0.717, 1.165) is 10.5 Å². The second-order valence-corrected chi connectivity index (χ2v) is 14.9. The molecule has 0 saturated heterocycles. The van der Waals surface area contributed by atoms with Crippen molar-refractivity contribution >= 4 is 77.0 Å². The summed E-state index contributed by atoms with van der Waals surface area (Å²) in [6.45, 7) is 0. The molecule has 0 aromatic heterocycles. The van der Waals surface area contributed by atoms with Crippen molar-refractivity contribution in [1.29, 1.82) is 0 Å². The fourth-order valence-corrected chi connectivity index (χ4v) is 15.3. The van der Waals surface area contributed by atoms with Gasteiger partial charge < -0.3 is 0 Å². The molecule has 0 radical (unpaired) electrons. The molecular weight excluding hydrogens is 430 g/mol. The van der Waals surface area contributed by atoms with Gasteiger partial charge in [-0.1, -0.05) is 0 Å². The van der Waals surface area contributed by atoms with E-state index >= 15 is 0 Å². The predicted octanol–water partition coefficient (Wildman–Crippen LogP) is 4.40. The van der Waals surface area contributed by atoms with Gasteiger partial charge in [0.15, 0.2) is 0 Å². The fraction of sp³-hybridized carbons (Fsp3) is 0.500. The third-order valence-electron chi connectivity index (χ3n) is 3.27. The minimum absolute atomic E-state index is 0.673. The number of hydrogen-bond acceptors (Lipinski definition) is 4. The van der Waals surface area contributed by atoms with E-state index < -0.39 is 0 Å². The maximum atomic E-state index is 2.41. The molecule has 1 saturated carbocycles. The van der Waals surface area contributed by atoms with Crippen LogP contribution < -0.4 is 0 Å². The Morgan fingerprint density at radius 2 is 1.39 bits per heavy atom. The van der Waals surface area contributed by atoms with Crippen molar-refractivity contribution in [2.45, 2.75) is 36.2 Å². The topological polar surface area (TPSA) is 0 Å². The molecule has 0 bridgehead atoms. The zero-order chi connectivity index (χ0) is 11.9. The Morgan fingerprint density at radius 3 is 1.94 bits per heavy atom. The number of thioether (sulfide) groups is 4. The van der Waals surface area contributed by atoms with Crippen LogP contribution in [-0.2, 0) is 0 Å². The third-order valence-corrected chi connectivity index (χ3v) is 16.7. The minimum atomic E-state index is 0.673. The number of fused-ring (bicyclic) bond motifs is 1. The van der Waals surface area contributed by atoms with Crippen molar-refractivity contribution in [3.63, 3.8) is 0 Å². The van der Waals surface area contributed by atoms with E-state index in [4.69, 9.17) is 0 Å². The molecule has 0 aromatic rings. The van der Waals surface area contributed by atoms with E-state index in [1.165, 1.54) is 25.7 Å². The molecule has 3 aliphatic heterocycles. The summed E-state index contributed by atoms with van der Waals surface area (Å²) in [5.41, 5.74) is 0. The Balaban J connectivity index is 1.54. The summed E-state index contributed by atoms with van der Waals surface area (Å²) in [4.78, 5) is 4.82. The van der Waals surface area contributed by atoms with E-state index in [0.29, 0.717) is 29.9 Å². The van der Waals surface area contributed by atoms with Gasteiger partial charge in [0.05, 0.1) is 0 Å². The summed E-state index contributed by atoms with van der Waals surface area (Å²) in [5, 5.41) is 1.83. The zero-order valence-corrected chi connectivity index (χ0v) is 16.3. The van der Waals surface area contributed by atoms with Gasteiger partial charge in [-0.3, -0.25) is 0 Å². The summed E-state index contributed by atoms with van der Waals surface area (Å²) in [6, 6.07) is 0. The van der Waals surface area contributed by atoms with Gasteiger partial charge in [0.25, 0.3) is 0 Å². The van der Waals surface area contributed by atoms with Crippen molar-refractivity contribution in [3.05, 3.63) is 26.0 Å². The average molecular weight is 442 g/mol. The van der Waals surface area contributed by atoms with Crippen molar-refractivity contribution in [3.8, 4) is 0 Å². The number of hydrogen-bond donors (Lipinski definition) is 0. The Bertz CT molecular complexity index is 431. The van der Waals surface area contributed by atoms with Crippen LogP contribution in [0.15, 0.2) is 26.0 Å². The van der Waals surface area contributed by atoms with Gasteiger partial charge in [0.1, 0.15) is 0 Å². The molecule has 0 unspecified atom stereocenters. The van der Waals surface area contributed by atoms with Crippen LogP contribution in [0.25, 0.3) is 0 Å². The number of rotatable bonds is 0. The second kappa shape index (κ2) is 5.81. The fourth-order valence-electron chi connectivity index (χ4n) is 2.41. The van der Waals surface area contributed by atoms with Crippen LogP contribution in [0.1, 0.15) is 25.7 Å². The van der Waals surface area contributed by atoms with Crippen LogP contribution in [0, 0.1) is 0 Å². The normalized spacial score (nSPS) is 35.1. The molecule has 4 aliphatic rings. The van der Waals surface area contributed by atoms with Gasteiger partial charge in [-0.2, -0.15) is 0 Å². The van der Waals surface area contributed by atoms with Gasteiger partial charge >= 0.3 is 139 Å². The molecule has 6 heteroatoms. The van der Waals surface area contributed by atoms with E-state index in [2.05, 4.69) is 57.0 Å². The SMILES string of the molecule is C1=C[Se]C(=C2SC3=C(S2)S[C@@H]2CCCC[C@@H]2S3)[Se]1. The monoisotopic (exact) mass is 444 g/mol. The first-order valence-electron chi connectivity index (χ1n) is 6.06. The predicted molar refractivity (Wildman–Crippen MR) is 91.1 cm³/mol. The third kappa shape index (κ3) is 2.57. The standard InChI is InChI=1S/C12H12S4Se2/c1-2-4-8-7(3-1)13-9-10(14-8)16-11(15-9)12-17-5-6-18-12/h5-8H,1-4H2/t7-,8+. The van der Waals surface area contributed by atoms with Gasteiger partial charge in [-0.15, -0.1) is 0 Å². The molecule has 3 heterocycles. The van der Waals surface area contributed by atoms with Crippen LogP contribution in [-0.4, -0.2) is 40.4 Å². The Labute approximate surface area is 138 Å². The molecule has 0 aromatic carbocycles. The van der Waals surface area contributed by atoms with Gasteiger partial charge in [-0.25, -0.2) is 0 Å². The quantitative estimate of drug-likeness (QED) is 0.510. The molecular formula is C12H12S4Se2. The van der Waals surface area contributed by atoms with Gasteiger partial charge in [-0.05, 0) is 0 Å². The molecule has 2 atom stereocenters. The second-order valence-electron chi connectivity index (χ2n) is 4.46. The summed E-state index contributed by atoms with van der Waals surface area (Å²) >= 11 is 9.97. The Kier molecular flexibility index (Phi) is 4.30. The summed E-state index contributed by atoms with van der Waals surface area (Å²) in [6.07, 6.45) is 5.82. The molecule has 0 N–H and O–H groups in total. The van der Waals surface area contributed by atoms with Crippen LogP contribution in [0.2, 0.25) is 0 Å². The van der Waals surface area contributed by atoms with Crippen LogP contribution >= 0.6 is 47.0 Å². The molecule has 96 valence electrons. The van der Waals surface area contributed by atoms with E-state index in [9.17, 15) is 0 Å². The molecule has 1 aliphatic carbocycles. The van der Waals surface area contributed by atoms with Crippen molar-refractivity contribution < 1.29 is 0 Å². The van der Waals surface area contributed by atoms with E-state index in [1.807, 2.05) is 0 Å². The first kappa shape index (κ1) is 13.3. The Hall–Kier alpha value is 1.66. The van der Waals surface area contributed by atoms with Crippen molar-refractivity contribution in [1.82, 2.24) is 0 Å². The molecule has 4 rings (SSSR count). The van der Waals surface area contributed by atoms with E-state index in [1.54, 1.807) is 16.1 Å². The summed E-state index contributed by atoms with van der Waals surface area (Å²) in [5.74, 6) is 0. The van der Waals surface area contributed by atoms with E-state index in [-0.39, 0.29) is 0 Å². The van der Waals surface area contributed by atoms with Crippen LogP contribution in [0.5, 0.6) is 0 Å². The Morgan fingerprint density at radius 1 is 0.833 bits per heavy atom. The van der Waals surface area contributed by atoms with Gasteiger partial charge in [0, 0.05) is 0 Å². The summed E-state index contributed by atoms with van der Waals surface area (Å²) < 4.78 is 6.73.